The van der Waals surface area contributed by atoms with E-state index >= 15 is 0 Å². The number of piperidine rings is 1. The number of likely N-dealkylation sites (tertiary alicyclic amines) is 1. The number of hydrogen-bond donors (Lipinski definition) is 5. The molecule has 0 saturated carbocycles. The minimum Gasteiger partial charge on any atom is -0.497 e. The van der Waals surface area contributed by atoms with Crippen molar-refractivity contribution in [1.82, 2.24) is 15.5 Å². The Morgan fingerprint density at radius 1 is 1.02 bits per heavy atom. The number of thiocarbonyl (C=S) groups is 1. The predicted molar refractivity (Wildman–Crippen MR) is 163 cm³/mol. The van der Waals surface area contributed by atoms with Crippen LogP contribution in [0.1, 0.15) is 44.6 Å². The van der Waals surface area contributed by atoms with Gasteiger partial charge in [-0.3, -0.25) is 4.90 Å². The monoisotopic (exact) mass is 579 g/mol. The van der Waals surface area contributed by atoms with E-state index in [1.165, 1.54) is 10.5 Å². The Morgan fingerprint density at radius 2 is 1.68 bits per heavy atom. The number of benzene rings is 2. The molecule has 0 bridgehead atoms. The third-order valence-electron chi connectivity index (χ3n) is 7.39. The van der Waals surface area contributed by atoms with Crippen LogP contribution in [0.5, 0.6) is 5.75 Å². The standard InChI is InChI=1S/C30H37N5O5S/c1-19-26(28(36)37)35(27(29(38)39)20(2)32-19)24-9-5-8-23(18-24)33-30(41)31-13-6-14-34-15-11-21(12-16-34)22-7-4-10-25(17-22)40-3/h4-5,7-10,17-18,21,32H,6,11-16H2,1-3H3,(H,36,37)(H,38,39)(H2,31,33,41). The third-order valence-corrected chi connectivity index (χ3v) is 7.64. The van der Waals surface area contributed by atoms with E-state index in [4.69, 9.17) is 17.0 Å². The Balaban J connectivity index is 1.28. The fraction of sp³-hybridized carbons (Fsp3) is 0.367. The maximum atomic E-state index is 12.0. The fourth-order valence-electron chi connectivity index (χ4n) is 5.41. The molecule has 2 heterocycles. The van der Waals surface area contributed by atoms with Crippen LogP contribution in [0.4, 0.5) is 11.4 Å². The van der Waals surface area contributed by atoms with Gasteiger partial charge in [0.25, 0.3) is 0 Å². The van der Waals surface area contributed by atoms with Crippen LogP contribution in [0.2, 0.25) is 0 Å². The van der Waals surface area contributed by atoms with E-state index in [0.717, 1.165) is 44.6 Å². The van der Waals surface area contributed by atoms with Crippen LogP contribution in [-0.4, -0.2) is 65.5 Å². The average molecular weight is 580 g/mol. The Hall–Kier alpha value is -4.09. The van der Waals surface area contributed by atoms with Crippen molar-refractivity contribution in [3.63, 3.8) is 0 Å². The number of methoxy groups -OCH3 is 1. The number of hydrogen-bond acceptors (Lipinski definition) is 7. The van der Waals surface area contributed by atoms with Gasteiger partial charge in [0.15, 0.2) is 16.5 Å². The van der Waals surface area contributed by atoms with Crippen molar-refractivity contribution in [2.45, 2.75) is 39.0 Å². The number of nitrogens with one attached hydrogen (secondary N) is 3. The van der Waals surface area contributed by atoms with E-state index in [1.54, 1.807) is 45.2 Å². The van der Waals surface area contributed by atoms with E-state index in [9.17, 15) is 19.8 Å². The Bertz CT molecular complexity index is 1330. The van der Waals surface area contributed by atoms with E-state index < -0.39 is 11.9 Å². The minimum absolute atomic E-state index is 0.154. The number of nitrogens with zero attached hydrogens (tertiary/aromatic N) is 2. The highest BCUT2D eigenvalue weighted by atomic mass is 32.1. The molecule has 4 rings (SSSR count). The second-order valence-corrected chi connectivity index (χ2v) is 10.6. The van der Waals surface area contributed by atoms with Gasteiger partial charge in [-0.15, -0.1) is 0 Å². The Morgan fingerprint density at radius 3 is 2.32 bits per heavy atom. The number of carboxylic acid groups (broad SMARTS) is 2. The summed E-state index contributed by atoms with van der Waals surface area (Å²) in [5, 5.41) is 29.3. The lowest BCUT2D eigenvalue weighted by Gasteiger charge is -2.33. The van der Waals surface area contributed by atoms with Crippen LogP contribution in [0.3, 0.4) is 0 Å². The molecule has 2 aromatic carbocycles. The van der Waals surface area contributed by atoms with Gasteiger partial charge < -0.3 is 35.8 Å². The third kappa shape index (κ3) is 7.36. The minimum atomic E-state index is -1.23. The molecule has 0 amide bonds. The van der Waals surface area contributed by atoms with Crippen LogP contribution < -0.4 is 25.6 Å². The molecule has 2 aliphatic heterocycles. The molecule has 11 heteroatoms. The predicted octanol–water partition coefficient (Wildman–Crippen LogP) is 4.29. The lowest BCUT2D eigenvalue weighted by atomic mass is 9.89. The van der Waals surface area contributed by atoms with E-state index in [2.05, 4.69) is 39.0 Å². The summed E-state index contributed by atoms with van der Waals surface area (Å²) < 4.78 is 5.37. The number of anilines is 2. The van der Waals surface area contributed by atoms with Crippen LogP contribution in [0, 0.1) is 0 Å². The van der Waals surface area contributed by atoms with Gasteiger partial charge in [0.1, 0.15) is 5.75 Å². The van der Waals surface area contributed by atoms with Crippen LogP contribution in [0.25, 0.3) is 0 Å². The normalized spacial score (nSPS) is 16.3. The molecule has 0 aromatic heterocycles. The maximum Gasteiger partial charge on any atom is 0.354 e. The Kier molecular flexibility index (Phi) is 9.85. The summed E-state index contributed by atoms with van der Waals surface area (Å²) in [6.45, 7) is 7.00. The van der Waals surface area contributed by atoms with Gasteiger partial charge in [0, 0.05) is 29.3 Å². The van der Waals surface area contributed by atoms with E-state index in [-0.39, 0.29) is 11.4 Å². The van der Waals surface area contributed by atoms with Crippen LogP contribution in [0.15, 0.2) is 71.3 Å². The van der Waals surface area contributed by atoms with Crippen LogP contribution >= 0.6 is 12.2 Å². The lowest BCUT2D eigenvalue weighted by Crippen LogP contribution is -2.39. The molecule has 2 aliphatic rings. The van der Waals surface area contributed by atoms with Gasteiger partial charge in [0.05, 0.1) is 7.11 Å². The first-order valence-electron chi connectivity index (χ1n) is 13.6. The molecule has 10 nitrogen and oxygen atoms in total. The molecule has 1 fully saturated rings. The highest BCUT2D eigenvalue weighted by molar-refractivity contribution is 7.80. The summed E-state index contributed by atoms with van der Waals surface area (Å²) >= 11 is 5.49. The molecule has 1 saturated heterocycles. The van der Waals surface area contributed by atoms with Crippen molar-refractivity contribution in [3.05, 3.63) is 76.9 Å². The number of aliphatic carboxylic acids is 2. The first-order chi connectivity index (χ1) is 19.7. The largest absolute Gasteiger partial charge is 0.497 e. The molecule has 5 N–H and O–H groups in total. The molecule has 2 aromatic rings. The second-order valence-electron chi connectivity index (χ2n) is 10.2. The van der Waals surface area contributed by atoms with Gasteiger partial charge in [0.2, 0.25) is 0 Å². The lowest BCUT2D eigenvalue weighted by molar-refractivity contribution is -0.133. The topological polar surface area (TPSA) is 126 Å². The number of allylic oxidation sites excluding steroid dienone is 2. The zero-order valence-corrected chi connectivity index (χ0v) is 24.4. The number of rotatable bonds is 10. The highest BCUT2D eigenvalue weighted by Crippen LogP contribution is 2.33. The van der Waals surface area contributed by atoms with Crippen molar-refractivity contribution >= 4 is 40.6 Å². The zero-order valence-electron chi connectivity index (χ0n) is 23.6. The smallest absolute Gasteiger partial charge is 0.354 e. The van der Waals surface area contributed by atoms with Crippen molar-refractivity contribution in [2.24, 2.45) is 0 Å². The van der Waals surface area contributed by atoms with Crippen LogP contribution in [-0.2, 0) is 9.59 Å². The van der Waals surface area contributed by atoms with Crippen molar-refractivity contribution in [1.29, 1.82) is 0 Å². The summed E-state index contributed by atoms with van der Waals surface area (Å²) in [5.74, 6) is -1.00. The molecular weight excluding hydrogens is 542 g/mol. The molecule has 0 aliphatic carbocycles. The maximum absolute atomic E-state index is 12.0. The fourth-order valence-corrected chi connectivity index (χ4v) is 5.63. The molecular formula is C30H37N5O5S. The van der Waals surface area contributed by atoms with Crippen molar-refractivity contribution in [3.8, 4) is 5.75 Å². The summed E-state index contributed by atoms with van der Waals surface area (Å²) in [5.41, 5.74) is 2.74. The van der Waals surface area contributed by atoms with Gasteiger partial charge in [-0.25, -0.2) is 9.59 Å². The zero-order chi connectivity index (χ0) is 29.5. The number of carboxylic acids is 2. The van der Waals surface area contributed by atoms with E-state index in [1.807, 2.05) is 6.07 Å². The quantitative estimate of drug-likeness (QED) is 0.204. The molecule has 0 spiro atoms. The van der Waals surface area contributed by atoms with Gasteiger partial charge in [-0.05, 0) is 107 Å². The summed E-state index contributed by atoms with van der Waals surface area (Å²) in [4.78, 5) is 27.8. The SMILES string of the molecule is COc1cccc(C2CCN(CCCNC(=S)Nc3cccc(N4C(C(=O)O)=C(C)NC(C)=C4C(=O)O)c3)CC2)c1. The van der Waals surface area contributed by atoms with Gasteiger partial charge in [-0.1, -0.05) is 18.2 Å². The van der Waals surface area contributed by atoms with Gasteiger partial charge in [-0.2, -0.15) is 0 Å². The first kappa shape index (κ1) is 29.9. The number of ether oxygens (including phenoxy) is 1. The average Bonchev–Trinajstić information content (AvgIpc) is 2.95. The number of carbonyl (C=O) groups is 2. The second kappa shape index (κ2) is 13.5. The summed E-state index contributed by atoms with van der Waals surface area (Å²) in [6.07, 6.45) is 3.19. The van der Waals surface area contributed by atoms with Crippen molar-refractivity contribution < 1.29 is 24.5 Å². The summed E-state index contributed by atoms with van der Waals surface area (Å²) in [6, 6.07) is 15.2. The Labute approximate surface area is 245 Å². The summed E-state index contributed by atoms with van der Waals surface area (Å²) in [7, 11) is 1.70. The molecule has 41 heavy (non-hydrogen) atoms. The molecule has 218 valence electrons. The highest BCUT2D eigenvalue weighted by Gasteiger charge is 2.33. The molecule has 0 unspecified atom stereocenters. The first-order valence-corrected chi connectivity index (χ1v) is 14.1. The van der Waals surface area contributed by atoms with E-state index in [0.29, 0.717) is 40.3 Å². The van der Waals surface area contributed by atoms with Crippen molar-refractivity contribution in [2.75, 3.05) is 43.5 Å². The molecule has 0 atom stereocenters. The van der Waals surface area contributed by atoms with Gasteiger partial charge >= 0.3 is 11.9 Å². The molecule has 0 radical (unpaired) electrons.